The second-order valence-corrected chi connectivity index (χ2v) is 10.2. The van der Waals surface area contributed by atoms with Gasteiger partial charge in [-0.25, -0.2) is 13.8 Å². The first kappa shape index (κ1) is 25.4. The third kappa shape index (κ3) is 6.17. The molecule has 2 aromatic heterocycles. The van der Waals surface area contributed by atoms with Crippen molar-refractivity contribution in [3.63, 3.8) is 0 Å². The van der Waals surface area contributed by atoms with E-state index < -0.39 is 31.9 Å². The van der Waals surface area contributed by atoms with E-state index in [1.54, 1.807) is 35.3 Å². The topological polar surface area (TPSA) is 184 Å². The lowest BCUT2D eigenvalue weighted by atomic mass is 10.1. The Morgan fingerprint density at radius 2 is 1.84 bits per heavy atom. The van der Waals surface area contributed by atoms with Crippen LogP contribution < -0.4 is 4.90 Å². The summed E-state index contributed by atoms with van der Waals surface area (Å²) in [6.45, 7) is 0.208. The molecule has 2 saturated carbocycles. The van der Waals surface area contributed by atoms with E-state index in [4.69, 9.17) is 24.0 Å². The number of anilines is 1. The quantitative estimate of drug-likeness (QED) is 0.339. The van der Waals surface area contributed by atoms with Gasteiger partial charge in [0.15, 0.2) is 0 Å². The minimum Gasteiger partial charge on any atom is -0.441 e. The van der Waals surface area contributed by atoms with Crippen LogP contribution in [-0.4, -0.2) is 69.8 Å². The maximum absolute atomic E-state index is 14.9. The third-order valence-electron chi connectivity index (χ3n) is 6.19. The number of pyridine rings is 1. The van der Waals surface area contributed by atoms with Crippen molar-refractivity contribution in [1.82, 2.24) is 25.2 Å². The number of aromatic nitrogens is 5. The number of benzene rings is 1. The molecule has 6 rings (SSSR count). The number of cyclic esters (lactones) is 1. The number of hydrogen-bond acceptors (Lipinski definition) is 8. The van der Waals surface area contributed by atoms with Crippen LogP contribution in [0.15, 0.2) is 36.5 Å². The minimum absolute atomic E-state index is 0.191. The monoisotopic (exact) mass is 534 g/mol. The van der Waals surface area contributed by atoms with Gasteiger partial charge in [-0.05, 0) is 61.1 Å². The molecule has 1 saturated heterocycles. The Morgan fingerprint density at radius 3 is 2.43 bits per heavy atom. The first-order valence-electron chi connectivity index (χ1n) is 11.6. The highest BCUT2D eigenvalue weighted by atomic mass is 31.2. The molecule has 3 fully saturated rings. The zero-order chi connectivity index (χ0) is 26.3. The molecule has 15 heteroatoms. The van der Waals surface area contributed by atoms with Crippen LogP contribution in [0.1, 0.15) is 31.7 Å². The number of nitrogens with zero attached hydrogens (tertiary/aromatic N) is 6. The smallest absolute Gasteiger partial charge is 0.441 e. The lowest BCUT2D eigenvalue weighted by molar-refractivity contribution is 0.0200. The Balaban J connectivity index is 0.000000514. The van der Waals surface area contributed by atoms with E-state index >= 15 is 0 Å². The summed E-state index contributed by atoms with van der Waals surface area (Å²) in [6, 6.07) is 8.41. The van der Waals surface area contributed by atoms with Gasteiger partial charge in [-0.2, -0.15) is 4.80 Å². The van der Waals surface area contributed by atoms with Gasteiger partial charge in [-0.3, -0.25) is 9.88 Å². The Hall–Kier alpha value is -3.29. The summed E-state index contributed by atoms with van der Waals surface area (Å²) in [5, 5.41) is 22.7. The molecule has 1 aliphatic heterocycles. The first-order chi connectivity index (χ1) is 17.6. The minimum atomic E-state index is -4.64. The van der Waals surface area contributed by atoms with E-state index in [0.29, 0.717) is 34.4 Å². The molecule has 0 bridgehead atoms. The molecule has 1 unspecified atom stereocenters. The van der Waals surface area contributed by atoms with Crippen LogP contribution in [0.3, 0.4) is 0 Å². The van der Waals surface area contributed by atoms with Crippen LogP contribution in [0.4, 0.5) is 14.9 Å². The van der Waals surface area contributed by atoms with E-state index in [0.717, 1.165) is 25.7 Å². The molecule has 4 N–H and O–H groups in total. The van der Waals surface area contributed by atoms with Gasteiger partial charge in [0.2, 0.25) is 5.82 Å². The average Bonchev–Trinajstić information content (AvgIpc) is 3.78. The van der Waals surface area contributed by atoms with Crippen molar-refractivity contribution in [2.45, 2.75) is 43.9 Å². The molecule has 0 spiro atoms. The number of carbonyl (C=O) groups is 1. The van der Waals surface area contributed by atoms with Crippen molar-refractivity contribution in [2.24, 2.45) is 5.92 Å². The zero-order valence-electron chi connectivity index (χ0n) is 19.3. The van der Waals surface area contributed by atoms with Gasteiger partial charge in [-0.1, -0.05) is 6.07 Å². The number of phosphoric acid groups is 1. The fourth-order valence-corrected chi connectivity index (χ4v) is 3.99. The Kier molecular flexibility index (Phi) is 6.77. The summed E-state index contributed by atoms with van der Waals surface area (Å²) in [4.78, 5) is 41.2. The average molecular weight is 534 g/mol. The maximum Gasteiger partial charge on any atom is 0.466 e. The van der Waals surface area contributed by atoms with Gasteiger partial charge in [-0.15, -0.1) is 10.2 Å². The van der Waals surface area contributed by atoms with E-state index in [-0.39, 0.29) is 12.5 Å². The van der Waals surface area contributed by atoms with Crippen LogP contribution in [0.5, 0.6) is 0 Å². The molecule has 3 aromatic rings. The van der Waals surface area contributed by atoms with Crippen molar-refractivity contribution in [1.29, 1.82) is 0 Å². The van der Waals surface area contributed by atoms with E-state index in [2.05, 4.69) is 20.4 Å². The van der Waals surface area contributed by atoms with E-state index in [9.17, 15) is 14.3 Å². The van der Waals surface area contributed by atoms with Gasteiger partial charge in [0, 0.05) is 17.3 Å². The van der Waals surface area contributed by atoms with E-state index in [1.165, 1.54) is 11.0 Å². The molecule has 37 heavy (non-hydrogen) atoms. The number of tetrazole rings is 1. The van der Waals surface area contributed by atoms with Gasteiger partial charge in [0.05, 0.1) is 24.4 Å². The number of aliphatic hydroxyl groups is 1. The van der Waals surface area contributed by atoms with Crippen molar-refractivity contribution < 1.29 is 38.3 Å². The zero-order valence-corrected chi connectivity index (χ0v) is 20.2. The number of ether oxygens (including phenoxy) is 1. The predicted molar refractivity (Wildman–Crippen MR) is 125 cm³/mol. The molecule has 2 aliphatic carbocycles. The fourth-order valence-electron chi connectivity index (χ4n) is 3.99. The Labute approximate surface area is 209 Å². The predicted octanol–water partition coefficient (Wildman–Crippen LogP) is 2.04. The number of aliphatic hydroxyl groups excluding tert-OH is 1. The van der Waals surface area contributed by atoms with Crippen LogP contribution in [0, 0.1) is 11.7 Å². The molecule has 3 aliphatic rings. The van der Waals surface area contributed by atoms with Crippen molar-refractivity contribution in [3.8, 4) is 22.6 Å². The van der Waals surface area contributed by atoms with Crippen LogP contribution in [-0.2, 0) is 9.30 Å². The highest BCUT2D eigenvalue weighted by Gasteiger charge is 2.43. The SMILES string of the molecule is O=C1O[C@H](C(O)C2CC2)CN1c1ccc(-c2ccc(-c3nnn(C4CC4)n3)nc2)c(F)c1.O=P(O)(O)O. The third-order valence-corrected chi connectivity index (χ3v) is 6.19. The maximum atomic E-state index is 14.9. The van der Waals surface area contributed by atoms with Crippen LogP contribution in [0.25, 0.3) is 22.6 Å². The molecule has 1 aromatic carbocycles. The van der Waals surface area contributed by atoms with Crippen LogP contribution in [0.2, 0.25) is 0 Å². The van der Waals surface area contributed by atoms with Gasteiger partial charge < -0.3 is 24.5 Å². The highest BCUT2D eigenvalue weighted by molar-refractivity contribution is 7.45. The molecule has 13 nitrogen and oxygen atoms in total. The number of amides is 1. The molecule has 2 atom stereocenters. The second kappa shape index (κ2) is 9.88. The summed E-state index contributed by atoms with van der Waals surface area (Å²) in [5.74, 6) is 0.152. The first-order valence-corrected chi connectivity index (χ1v) is 13.1. The second-order valence-electron chi connectivity index (χ2n) is 9.13. The molecular weight excluding hydrogens is 510 g/mol. The van der Waals surface area contributed by atoms with Gasteiger partial charge in [0.25, 0.3) is 0 Å². The standard InChI is InChI=1S/C22H21FN6O3.H3O4P/c23-17-9-15(28-11-19(32-22(28)31)20(30)12-1-2-12)6-7-16(17)13-3-8-18(24-10-13)21-25-27-29(26-21)14-4-5-14;1-5(2,3)4/h3,6-10,12,14,19-20,30H,1-2,4-5,11H2;(H3,1,2,3,4)/t19-,20?;/m0./s1. The number of hydrogen-bond donors (Lipinski definition) is 4. The molecular formula is C22H24FN6O7P. The van der Waals surface area contributed by atoms with Crippen molar-refractivity contribution >= 4 is 19.6 Å². The largest absolute Gasteiger partial charge is 0.466 e. The summed E-state index contributed by atoms with van der Waals surface area (Å²) >= 11 is 0. The molecule has 196 valence electrons. The van der Waals surface area contributed by atoms with Gasteiger partial charge >= 0.3 is 13.9 Å². The lowest BCUT2D eigenvalue weighted by Crippen LogP contribution is -2.32. The molecule has 1 amide bonds. The summed E-state index contributed by atoms with van der Waals surface area (Å²) in [7, 11) is -4.64. The molecule has 3 heterocycles. The summed E-state index contributed by atoms with van der Waals surface area (Å²) in [6.07, 6.45) is 3.76. The number of carbonyl (C=O) groups excluding carboxylic acids is 1. The number of halogens is 1. The van der Waals surface area contributed by atoms with Crippen LogP contribution >= 0.6 is 7.82 Å². The Morgan fingerprint density at radius 1 is 1.11 bits per heavy atom. The summed E-state index contributed by atoms with van der Waals surface area (Å²) in [5.41, 5.74) is 1.92. The summed E-state index contributed by atoms with van der Waals surface area (Å²) < 4.78 is 29.1. The highest BCUT2D eigenvalue weighted by Crippen LogP contribution is 2.37. The normalized spacial score (nSPS) is 20.3. The van der Waals surface area contributed by atoms with E-state index in [1.807, 2.05) is 0 Å². The van der Waals surface area contributed by atoms with Crippen molar-refractivity contribution in [3.05, 3.63) is 42.3 Å². The van der Waals surface area contributed by atoms with Gasteiger partial charge in [0.1, 0.15) is 17.6 Å². The Bertz CT molecular complexity index is 1330. The number of rotatable bonds is 6. The lowest BCUT2D eigenvalue weighted by Gasteiger charge is -2.16. The molecule has 0 radical (unpaired) electrons. The van der Waals surface area contributed by atoms with Crippen molar-refractivity contribution in [2.75, 3.05) is 11.4 Å². The fraction of sp³-hybridized carbons (Fsp3) is 0.409.